The lowest BCUT2D eigenvalue weighted by Crippen LogP contribution is -2.51. The number of aromatic nitrogens is 3. The van der Waals surface area contributed by atoms with Gasteiger partial charge in [0.1, 0.15) is 35.6 Å². The Balaban J connectivity index is 1.34. The molecule has 2 bridgehead atoms. The van der Waals surface area contributed by atoms with E-state index in [4.69, 9.17) is 9.72 Å². The van der Waals surface area contributed by atoms with Crippen LogP contribution in [0, 0.1) is 5.82 Å². The minimum atomic E-state index is -0.892. The Morgan fingerprint density at radius 2 is 1.87 bits per heavy atom. The van der Waals surface area contributed by atoms with E-state index >= 15 is 4.39 Å². The van der Waals surface area contributed by atoms with E-state index in [1.165, 1.54) is 6.07 Å². The zero-order valence-electron chi connectivity index (χ0n) is 21.6. The monoisotopic (exact) mass is 532 g/mol. The van der Waals surface area contributed by atoms with E-state index in [1.807, 2.05) is 36.2 Å². The zero-order valence-corrected chi connectivity index (χ0v) is 21.6. The minimum absolute atomic E-state index is 0.0283. The largest absolute Gasteiger partial charge is 0.508 e. The molecule has 3 aliphatic heterocycles. The van der Waals surface area contributed by atoms with Crippen LogP contribution in [0.2, 0.25) is 0 Å². The Morgan fingerprint density at radius 1 is 1.08 bits per heavy atom. The third-order valence-electron chi connectivity index (χ3n) is 8.30. The molecular formula is C29H30F2N6O2. The molecule has 10 heteroatoms. The maximum Gasteiger partial charge on any atom is 0.319 e. The number of likely N-dealkylation sites (tertiary alicyclic amines) is 1. The van der Waals surface area contributed by atoms with Crippen LogP contribution in [0.4, 0.5) is 14.6 Å². The molecule has 2 N–H and O–H groups in total. The van der Waals surface area contributed by atoms with Crippen molar-refractivity contribution in [1.82, 2.24) is 25.2 Å². The molecule has 0 amide bonds. The number of alkyl halides is 1. The number of benzene rings is 2. The number of hydrogen-bond donors (Lipinski definition) is 2. The number of ether oxygens (including phenoxy) is 1. The topological polar surface area (TPSA) is 86.6 Å². The van der Waals surface area contributed by atoms with Gasteiger partial charge in [-0.15, -0.1) is 0 Å². The molecule has 3 saturated heterocycles. The van der Waals surface area contributed by atoms with Gasteiger partial charge >= 0.3 is 6.01 Å². The number of rotatable bonds is 5. The lowest BCUT2D eigenvalue weighted by molar-refractivity contribution is 0.188. The first-order chi connectivity index (χ1) is 18.9. The molecule has 7 rings (SSSR count). The van der Waals surface area contributed by atoms with Gasteiger partial charge in [0.15, 0.2) is 5.82 Å². The molecule has 2 aromatic heterocycles. The summed E-state index contributed by atoms with van der Waals surface area (Å²) in [6.45, 7) is 2.07. The summed E-state index contributed by atoms with van der Waals surface area (Å²) >= 11 is 0. The van der Waals surface area contributed by atoms with Gasteiger partial charge in [-0.3, -0.25) is 9.88 Å². The van der Waals surface area contributed by atoms with Crippen LogP contribution >= 0.6 is 0 Å². The second-order valence-electron chi connectivity index (χ2n) is 11.0. The number of fused-ring (bicyclic) bond motifs is 4. The van der Waals surface area contributed by atoms with E-state index in [0.29, 0.717) is 41.8 Å². The van der Waals surface area contributed by atoms with Crippen LogP contribution in [-0.2, 0) is 0 Å². The van der Waals surface area contributed by atoms with Crippen molar-refractivity contribution < 1.29 is 18.6 Å². The average molecular weight is 533 g/mol. The zero-order chi connectivity index (χ0) is 26.7. The summed E-state index contributed by atoms with van der Waals surface area (Å²) in [5, 5.41) is 16.0. The van der Waals surface area contributed by atoms with E-state index in [2.05, 4.69) is 20.2 Å². The number of piperazine rings is 1. The molecular weight excluding hydrogens is 502 g/mol. The predicted molar refractivity (Wildman–Crippen MR) is 145 cm³/mol. The van der Waals surface area contributed by atoms with Crippen molar-refractivity contribution in [3.63, 3.8) is 0 Å². The summed E-state index contributed by atoms with van der Waals surface area (Å²) in [6.07, 6.45) is 3.29. The number of halogens is 2. The van der Waals surface area contributed by atoms with Crippen LogP contribution in [0.3, 0.4) is 0 Å². The van der Waals surface area contributed by atoms with Crippen molar-refractivity contribution in [3.05, 3.63) is 48.4 Å². The lowest BCUT2D eigenvalue weighted by atomic mass is 10.0. The van der Waals surface area contributed by atoms with Crippen molar-refractivity contribution >= 4 is 27.5 Å². The molecule has 202 valence electrons. The molecule has 5 heterocycles. The van der Waals surface area contributed by atoms with E-state index < -0.39 is 12.0 Å². The van der Waals surface area contributed by atoms with Gasteiger partial charge < -0.3 is 20.1 Å². The molecule has 39 heavy (non-hydrogen) atoms. The van der Waals surface area contributed by atoms with Crippen molar-refractivity contribution in [3.8, 4) is 23.0 Å². The Morgan fingerprint density at radius 3 is 2.64 bits per heavy atom. The van der Waals surface area contributed by atoms with E-state index in [1.54, 1.807) is 12.3 Å². The number of aromatic hydroxyl groups is 1. The number of phenolic OH excluding ortho intramolecular Hbond substituents is 1. The number of hydrogen-bond acceptors (Lipinski definition) is 8. The van der Waals surface area contributed by atoms with Gasteiger partial charge in [-0.1, -0.05) is 24.3 Å². The summed E-state index contributed by atoms with van der Waals surface area (Å²) in [6, 6.07) is 11.3. The van der Waals surface area contributed by atoms with Gasteiger partial charge in [-0.2, -0.15) is 9.97 Å². The van der Waals surface area contributed by atoms with Gasteiger partial charge in [0.05, 0.1) is 5.39 Å². The van der Waals surface area contributed by atoms with Gasteiger partial charge in [0.25, 0.3) is 0 Å². The minimum Gasteiger partial charge on any atom is -0.508 e. The molecule has 0 radical (unpaired) electrons. The van der Waals surface area contributed by atoms with E-state index in [-0.39, 0.29) is 35.6 Å². The molecule has 2 unspecified atom stereocenters. The smallest absolute Gasteiger partial charge is 0.319 e. The van der Waals surface area contributed by atoms with Gasteiger partial charge in [0, 0.05) is 49.5 Å². The molecule has 2 aromatic carbocycles. The fraction of sp³-hybridized carbons (Fsp3) is 0.414. The standard InChI is InChI=1S/C29H30F2N6O2/c1-36-12-17(30)9-20(36)15-39-29-34-27-24(28(35-29)37-13-18-6-7-19(14-37)33-18)11-32-26(25(27)31)23-10-21(38)8-16-4-2-3-5-22(16)23/h2-5,8,10-11,17-20,33,38H,6-7,9,12-15H2,1H3/t17-,18?,19?,20+/m1/s1. The normalized spacial score (nSPS) is 25.2. The van der Waals surface area contributed by atoms with Crippen LogP contribution in [0.15, 0.2) is 42.6 Å². The first kappa shape index (κ1) is 24.4. The molecule has 0 aliphatic carbocycles. The van der Waals surface area contributed by atoms with Crippen molar-refractivity contribution in [2.24, 2.45) is 0 Å². The second-order valence-corrected chi connectivity index (χ2v) is 11.0. The number of nitrogens with zero attached hydrogens (tertiary/aromatic N) is 5. The van der Waals surface area contributed by atoms with Gasteiger partial charge in [-0.25, -0.2) is 8.78 Å². The maximum atomic E-state index is 16.4. The fourth-order valence-electron chi connectivity index (χ4n) is 6.35. The van der Waals surface area contributed by atoms with Crippen molar-refractivity contribution in [2.75, 3.05) is 38.2 Å². The lowest BCUT2D eigenvalue weighted by Gasteiger charge is -2.34. The second kappa shape index (κ2) is 9.53. The molecule has 3 aliphatic rings. The number of likely N-dealkylation sites (N-methyl/N-ethyl adjacent to an activating group) is 1. The third-order valence-corrected chi connectivity index (χ3v) is 8.30. The highest BCUT2D eigenvalue weighted by Crippen LogP contribution is 2.37. The Hall–Kier alpha value is -3.63. The van der Waals surface area contributed by atoms with Crippen molar-refractivity contribution in [1.29, 1.82) is 0 Å². The first-order valence-corrected chi connectivity index (χ1v) is 13.5. The number of anilines is 1. The molecule has 8 nitrogen and oxygen atoms in total. The molecule has 3 fully saturated rings. The molecule has 0 saturated carbocycles. The van der Waals surface area contributed by atoms with E-state index in [9.17, 15) is 9.50 Å². The maximum absolute atomic E-state index is 16.4. The number of phenols is 1. The molecule has 0 spiro atoms. The van der Waals surface area contributed by atoms with Crippen LogP contribution in [-0.4, -0.2) is 82.5 Å². The van der Waals surface area contributed by atoms with Gasteiger partial charge in [0.2, 0.25) is 0 Å². The number of nitrogens with one attached hydrogen (secondary N) is 1. The summed E-state index contributed by atoms with van der Waals surface area (Å²) in [5.74, 6) is 0.0208. The summed E-state index contributed by atoms with van der Waals surface area (Å²) in [4.78, 5) is 17.9. The highest BCUT2D eigenvalue weighted by molar-refractivity contribution is 5.99. The number of pyridine rings is 1. The Kier molecular flexibility index (Phi) is 5.97. The third kappa shape index (κ3) is 4.41. The van der Waals surface area contributed by atoms with E-state index in [0.717, 1.165) is 36.7 Å². The van der Waals surface area contributed by atoms with Crippen molar-refractivity contribution in [2.45, 2.75) is 43.6 Å². The fourth-order valence-corrected chi connectivity index (χ4v) is 6.35. The highest BCUT2D eigenvalue weighted by Gasteiger charge is 2.35. The highest BCUT2D eigenvalue weighted by atomic mass is 19.1. The van der Waals surface area contributed by atoms with Crippen LogP contribution in [0.5, 0.6) is 11.8 Å². The average Bonchev–Trinajstić information content (AvgIpc) is 3.44. The Labute approximate surface area is 224 Å². The summed E-state index contributed by atoms with van der Waals surface area (Å²) in [5.41, 5.74) is 0.692. The summed E-state index contributed by atoms with van der Waals surface area (Å²) in [7, 11) is 1.87. The Bertz CT molecular complexity index is 1560. The SMILES string of the molecule is CN1C[C@H](F)C[C@H]1COc1nc(N2CC3CCC(C2)N3)c2cnc(-c3cc(O)cc4ccccc34)c(F)c2n1. The molecule has 4 aromatic rings. The van der Waals surface area contributed by atoms with Gasteiger partial charge in [-0.05, 0) is 49.2 Å². The van der Waals surface area contributed by atoms with Crippen LogP contribution < -0.4 is 15.0 Å². The summed E-state index contributed by atoms with van der Waals surface area (Å²) < 4.78 is 36.3. The first-order valence-electron chi connectivity index (χ1n) is 13.5. The quantitative estimate of drug-likeness (QED) is 0.398. The van der Waals surface area contributed by atoms with Crippen LogP contribution in [0.25, 0.3) is 32.9 Å². The van der Waals surface area contributed by atoms with Crippen LogP contribution in [0.1, 0.15) is 19.3 Å². The molecule has 4 atom stereocenters. The predicted octanol–water partition coefficient (Wildman–Crippen LogP) is 4.05.